The third kappa shape index (κ3) is 5.28. The lowest BCUT2D eigenvalue weighted by Gasteiger charge is -2.20. The number of hydrogen-bond acceptors (Lipinski definition) is 0. The second-order valence-corrected chi connectivity index (χ2v) is 8.80. The minimum Gasteiger partial charge on any atom is -0.0648 e. The molecule has 0 aliphatic heterocycles. The molecular formula is C28H40. The van der Waals surface area contributed by atoms with Crippen LogP contribution >= 0.6 is 0 Å². The Labute approximate surface area is 174 Å². The first-order chi connectivity index (χ1) is 13.3. The maximum atomic E-state index is 3.77. The SMILES string of the molecule is CCC(C)c1[c]c(-c2[c]c(C(C)CC)cc(C(C)CC)c2)cc(C(C)CC)c1. The van der Waals surface area contributed by atoms with Crippen molar-refractivity contribution in [2.24, 2.45) is 0 Å². The van der Waals surface area contributed by atoms with E-state index in [0.29, 0.717) is 23.7 Å². The van der Waals surface area contributed by atoms with E-state index in [2.05, 4.69) is 91.8 Å². The van der Waals surface area contributed by atoms with E-state index in [4.69, 9.17) is 0 Å². The Balaban J connectivity index is 2.67. The van der Waals surface area contributed by atoms with Crippen molar-refractivity contribution in [3.63, 3.8) is 0 Å². The summed E-state index contributed by atoms with van der Waals surface area (Å²) in [6, 6.07) is 17.0. The van der Waals surface area contributed by atoms with Crippen LogP contribution in [0.25, 0.3) is 11.1 Å². The van der Waals surface area contributed by atoms with Crippen LogP contribution in [0.5, 0.6) is 0 Å². The summed E-state index contributed by atoms with van der Waals surface area (Å²) < 4.78 is 0. The Kier molecular flexibility index (Phi) is 8.35. The van der Waals surface area contributed by atoms with E-state index in [1.165, 1.54) is 33.4 Å². The van der Waals surface area contributed by atoms with E-state index in [9.17, 15) is 0 Å². The first-order valence-corrected chi connectivity index (χ1v) is 11.5. The van der Waals surface area contributed by atoms with E-state index in [1.54, 1.807) is 0 Å². The van der Waals surface area contributed by atoms with Gasteiger partial charge in [-0.05, 0) is 94.9 Å². The molecule has 0 aromatic heterocycles. The first-order valence-electron chi connectivity index (χ1n) is 11.5. The highest BCUT2D eigenvalue weighted by atomic mass is 14.2. The van der Waals surface area contributed by atoms with Crippen molar-refractivity contribution in [3.05, 3.63) is 58.7 Å². The van der Waals surface area contributed by atoms with Crippen molar-refractivity contribution < 1.29 is 0 Å². The molecule has 2 aromatic rings. The second kappa shape index (κ2) is 10.3. The van der Waals surface area contributed by atoms with Gasteiger partial charge in [0.05, 0.1) is 0 Å². The Morgan fingerprint density at radius 1 is 0.536 bits per heavy atom. The van der Waals surface area contributed by atoms with Crippen LogP contribution in [0.4, 0.5) is 0 Å². The van der Waals surface area contributed by atoms with Crippen LogP contribution in [0.2, 0.25) is 0 Å². The van der Waals surface area contributed by atoms with Crippen molar-refractivity contribution in [2.45, 2.75) is 105 Å². The monoisotopic (exact) mass is 376 g/mol. The second-order valence-electron chi connectivity index (χ2n) is 8.80. The van der Waals surface area contributed by atoms with Gasteiger partial charge in [0.15, 0.2) is 0 Å². The molecule has 2 rings (SSSR count). The molecule has 4 atom stereocenters. The lowest BCUT2D eigenvalue weighted by molar-refractivity contribution is 0.709. The van der Waals surface area contributed by atoms with Gasteiger partial charge in [0.1, 0.15) is 0 Å². The van der Waals surface area contributed by atoms with Crippen LogP contribution < -0.4 is 0 Å². The number of hydrogen-bond donors (Lipinski definition) is 0. The topological polar surface area (TPSA) is 0 Å². The van der Waals surface area contributed by atoms with Gasteiger partial charge < -0.3 is 0 Å². The number of benzene rings is 2. The first kappa shape index (κ1) is 22.7. The Bertz CT molecular complexity index is 633. The zero-order valence-electron chi connectivity index (χ0n) is 19.4. The predicted molar refractivity (Wildman–Crippen MR) is 124 cm³/mol. The molecule has 0 heterocycles. The fraction of sp³-hybridized carbons (Fsp3) is 0.571. The Morgan fingerprint density at radius 2 is 0.857 bits per heavy atom. The van der Waals surface area contributed by atoms with Gasteiger partial charge in [-0.1, -0.05) is 79.7 Å². The van der Waals surface area contributed by atoms with Crippen molar-refractivity contribution in [1.82, 2.24) is 0 Å². The molecule has 152 valence electrons. The van der Waals surface area contributed by atoms with Crippen molar-refractivity contribution in [3.8, 4) is 11.1 Å². The summed E-state index contributed by atoms with van der Waals surface area (Å²) in [6.07, 6.45) is 4.62. The summed E-state index contributed by atoms with van der Waals surface area (Å²) in [4.78, 5) is 0. The van der Waals surface area contributed by atoms with Gasteiger partial charge in [-0.15, -0.1) is 0 Å². The van der Waals surface area contributed by atoms with Crippen molar-refractivity contribution in [2.75, 3.05) is 0 Å². The lowest BCUT2D eigenvalue weighted by Crippen LogP contribution is -2.01. The zero-order valence-corrected chi connectivity index (χ0v) is 19.4. The molecule has 2 aromatic carbocycles. The van der Waals surface area contributed by atoms with Gasteiger partial charge in [0, 0.05) is 0 Å². The molecule has 0 N–H and O–H groups in total. The van der Waals surface area contributed by atoms with Gasteiger partial charge in [0.2, 0.25) is 0 Å². The highest BCUT2D eigenvalue weighted by molar-refractivity contribution is 5.66. The Hall–Kier alpha value is -1.56. The molecule has 0 bridgehead atoms. The number of rotatable bonds is 9. The molecule has 2 radical (unpaired) electrons. The van der Waals surface area contributed by atoms with Crippen LogP contribution in [0, 0.1) is 12.1 Å². The van der Waals surface area contributed by atoms with E-state index >= 15 is 0 Å². The molecule has 4 unspecified atom stereocenters. The predicted octanol–water partition coefficient (Wildman–Crippen LogP) is 9.01. The van der Waals surface area contributed by atoms with Crippen LogP contribution in [-0.2, 0) is 0 Å². The van der Waals surface area contributed by atoms with Crippen LogP contribution in [0.1, 0.15) is 127 Å². The third-order valence-corrected chi connectivity index (χ3v) is 6.76. The van der Waals surface area contributed by atoms with Gasteiger partial charge in [0.25, 0.3) is 0 Å². The summed E-state index contributed by atoms with van der Waals surface area (Å²) >= 11 is 0. The summed E-state index contributed by atoms with van der Waals surface area (Å²) in [5.41, 5.74) is 8.04. The lowest BCUT2D eigenvalue weighted by atomic mass is 9.85. The minimum atomic E-state index is 0.537. The zero-order chi connectivity index (χ0) is 20.8. The highest BCUT2D eigenvalue weighted by Crippen LogP contribution is 2.34. The van der Waals surface area contributed by atoms with Crippen LogP contribution in [-0.4, -0.2) is 0 Å². The third-order valence-electron chi connectivity index (χ3n) is 6.76. The Morgan fingerprint density at radius 3 is 1.14 bits per heavy atom. The van der Waals surface area contributed by atoms with Crippen LogP contribution in [0.15, 0.2) is 24.3 Å². The summed E-state index contributed by atoms with van der Waals surface area (Å²) in [5.74, 6) is 2.22. The maximum absolute atomic E-state index is 3.77. The molecule has 0 spiro atoms. The molecule has 0 amide bonds. The normalized spacial score (nSPS) is 15.9. The van der Waals surface area contributed by atoms with E-state index in [-0.39, 0.29) is 0 Å². The summed E-state index contributed by atoms with van der Waals surface area (Å²) in [5, 5.41) is 0. The molecular weight excluding hydrogens is 336 g/mol. The average molecular weight is 377 g/mol. The molecule has 28 heavy (non-hydrogen) atoms. The molecule has 0 saturated heterocycles. The maximum Gasteiger partial charge on any atom is -0.00610 e. The molecule has 0 nitrogen and oxygen atoms in total. The average Bonchev–Trinajstić information content (AvgIpc) is 2.75. The molecule has 0 fully saturated rings. The van der Waals surface area contributed by atoms with Gasteiger partial charge in [-0.25, -0.2) is 0 Å². The van der Waals surface area contributed by atoms with E-state index < -0.39 is 0 Å². The summed E-state index contributed by atoms with van der Waals surface area (Å²) in [6.45, 7) is 18.4. The van der Waals surface area contributed by atoms with Crippen molar-refractivity contribution in [1.29, 1.82) is 0 Å². The van der Waals surface area contributed by atoms with Gasteiger partial charge in [-0.3, -0.25) is 0 Å². The molecule has 0 saturated carbocycles. The van der Waals surface area contributed by atoms with Gasteiger partial charge >= 0.3 is 0 Å². The van der Waals surface area contributed by atoms with Crippen molar-refractivity contribution >= 4 is 0 Å². The smallest absolute Gasteiger partial charge is 0.00610 e. The highest BCUT2D eigenvalue weighted by Gasteiger charge is 2.15. The largest absolute Gasteiger partial charge is 0.0648 e. The minimum absolute atomic E-state index is 0.537. The quantitative estimate of drug-likeness (QED) is 0.409. The van der Waals surface area contributed by atoms with E-state index in [0.717, 1.165) is 25.7 Å². The standard InChI is InChI=1S/C28H40/c1-9-19(5)23-13-24(20(6)10-2)16-27(15-23)28-17-25(21(7)11-3)14-26(18-28)22(8)12-4/h13-15,17,19-22H,9-12H2,1-8H3. The fourth-order valence-electron chi connectivity index (χ4n) is 3.53. The summed E-state index contributed by atoms with van der Waals surface area (Å²) in [7, 11) is 0. The molecule has 0 heteroatoms. The molecule has 0 aliphatic rings. The van der Waals surface area contributed by atoms with Crippen LogP contribution in [0.3, 0.4) is 0 Å². The van der Waals surface area contributed by atoms with E-state index in [1.807, 2.05) is 0 Å². The van der Waals surface area contributed by atoms with Gasteiger partial charge in [-0.2, -0.15) is 0 Å². The fourth-order valence-corrected chi connectivity index (χ4v) is 3.53. The molecule has 0 aliphatic carbocycles.